The molecule has 4 aromatic rings. The van der Waals surface area contributed by atoms with E-state index in [2.05, 4.69) is 25.1 Å². The molecule has 2 atom stereocenters. The van der Waals surface area contributed by atoms with Gasteiger partial charge in [-0.2, -0.15) is 0 Å². The van der Waals surface area contributed by atoms with E-state index < -0.39 is 12.1 Å². The van der Waals surface area contributed by atoms with Crippen LogP contribution >= 0.6 is 11.6 Å². The van der Waals surface area contributed by atoms with Crippen LogP contribution in [0.15, 0.2) is 54.7 Å². The first-order valence-electron chi connectivity index (χ1n) is 14.7. The lowest BCUT2D eigenvalue weighted by molar-refractivity contribution is 0.0985. The van der Waals surface area contributed by atoms with Crippen LogP contribution in [0, 0.1) is 6.92 Å². The van der Waals surface area contributed by atoms with E-state index in [1.165, 1.54) is 0 Å². The molecule has 228 valence electrons. The fourth-order valence-corrected chi connectivity index (χ4v) is 6.68. The van der Waals surface area contributed by atoms with E-state index in [0.717, 1.165) is 58.7 Å². The highest BCUT2D eigenvalue weighted by atomic mass is 35.5. The number of imidazole rings is 1. The van der Waals surface area contributed by atoms with E-state index in [4.69, 9.17) is 17.3 Å². The fourth-order valence-electron chi connectivity index (χ4n) is 6.35. The standard InChI is InChI=1S/C33H35ClFN7O2/c1-19-22(6-5-9-25(19)38-33(44)26-11-10-20(16-37-26)17-42-15-12-21(35)18-42)23-7-4-8-24(28(23)34)30-29-27(13-14-40(30)2)41(3)32(39-29)31(36)43/h4-11,16,21,30H,12-15,17-18H2,1-3H3,(H2,36,43)(H,38,44). The Hall–Kier alpha value is -4.12. The van der Waals surface area contributed by atoms with Crippen LogP contribution in [-0.4, -0.2) is 69.0 Å². The molecule has 0 radical (unpaired) electrons. The molecule has 2 aromatic carbocycles. The Labute approximate surface area is 260 Å². The number of pyridine rings is 1. The summed E-state index contributed by atoms with van der Waals surface area (Å²) in [6.45, 7) is 4.48. The summed E-state index contributed by atoms with van der Waals surface area (Å²) in [5.41, 5.74) is 12.7. The molecule has 9 nitrogen and oxygen atoms in total. The predicted molar refractivity (Wildman–Crippen MR) is 169 cm³/mol. The number of carbonyl (C=O) groups is 2. The SMILES string of the molecule is Cc1c(NC(=O)c2ccc(CN3CCC(F)C3)cn2)cccc1-c1cccc(C2c3nc(C(N)=O)n(C)c3CCN2C)c1Cl. The number of likely N-dealkylation sites (N-methyl/N-ethyl adjacent to an activating group) is 1. The largest absolute Gasteiger partial charge is 0.363 e. The number of nitrogens with two attached hydrogens (primary N) is 1. The number of hydrogen-bond acceptors (Lipinski definition) is 6. The second-order valence-corrected chi connectivity index (χ2v) is 12.0. The molecular formula is C33H35ClFN7O2. The lowest BCUT2D eigenvalue weighted by Crippen LogP contribution is -2.33. The Morgan fingerprint density at radius 3 is 2.57 bits per heavy atom. The maximum absolute atomic E-state index is 13.5. The van der Waals surface area contributed by atoms with Crippen molar-refractivity contribution in [1.29, 1.82) is 0 Å². The highest BCUT2D eigenvalue weighted by molar-refractivity contribution is 6.34. The van der Waals surface area contributed by atoms with Gasteiger partial charge in [-0.1, -0.05) is 48.0 Å². The molecule has 2 aromatic heterocycles. The number of rotatable bonds is 7. The molecule has 0 saturated carbocycles. The summed E-state index contributed by atoms with van der Waals surface area (Å²) in [6, 6.07) is 14.9. The zero-order valence-electron chi connectivity index (χ0n) is 25.0. The predicted octanol–water partition coefficient (Wildman–Crippen LogP) is 4.92. The van der Waals surface area contributed by atoms with Crippen molar-refractivity contribution in [3.63, 3.8) is 0 Å². The van der Waals surface area contributed by atoms with Crippen molar-refractivity contribution in [3.8, 4) is 11.1 Å². The minimum atomic E-state index is -0.775. The second kappa shape index (κ2) is 12.1. The quantitative estimate of drug-likeness (QED) is 0.306. The van der Waals surface area contributed by atoms with Crippen molar-refractivity contribution < 1.29 is 14.0 Å². The van der Waals surface area contributed by atoms with Gasteiger partial charge in [0.1, 0.15) is 11.9 Å². The van der Waals surface area contributed by atoms with Crippen LogP contribution in [0.2, 0.25) is 5.02 Å². The zero-order valence-corrected chi connectivity index (χ0v) is 25.7. The number of amides is 2. The number of primary amides is 1. The van der Waals surface area contributed by atoms with Crippen LogP contribution < -0.4 is 11.1 Å². The molecule has 2 amide bonds. The van der Waals surface area contributed by atoms with Crippen LogP contribution in [0.25, 0.3) is 11.1 Å². The molecule has 2 aliphatic heterocycles. The lowest BCUT2D eigenvalue weighted by atomic mass is 9.91. The smallest absolute Gasteiger partial charge is 0.284 e. The molecule has 4 heterocycles. The molecule has 0 aliphatic carbocycles. The third-order valence-corrected chi connectivity index (χ3v) is 9.16. The molecule has 2 aliphatic rings. The third kappa shape index (κ3) is 5.60. The van der Waals surface area contributed by atoms with Crippen LogP contribution in [0.3, 0.4) is 0 Å². The fraction of sp³-hybridized carbons (Fsp3) is 0.333. The van der Waals surface area contributed by atoms with Crippen molar-refractivity contribution in [1.82, 2.24) is 24.3 Å². The van der Waals surface area contributed by atoms with E-state index >= 15 is 0 Å². The summed E-state index contributed by atoms with van der Waals surface area (Å²) < 4.78 is 15.3. The molecule has 0 spiro atoms. The van der Waals surface area contributed by atoms with E-state index in [1.807, 2.05) is 63.5 Å². The average molecular weight is 616 g/mol. The molecule has 11 heteroatoms. The van der Waals surface area contributed by atoms with Crippen molar-refractivity contribution in [2.45, 2.75) is 38.5 Å². The molecule has 0 bridgehead atoms. The van der Waals surface area contributed by atoms with Gasteiger partial charge in [0.15, 0.2) is 5.82 Å². The number of carbonyl (C=O) groups excluding carboxylic acids is 2. The first kappa shape index (κ1) is 29.9. The van der Waals surface area contributed by atoms with Crippen LogP contribution in [0.1, 0.15) is 61.6 Å². The summed E-state index contributed by atoms with van der Waals surface area (Å²) in [4.78, 5) is 38.5. The number of nitrogens with one attached hydrogen (secondary N) is 1. The third-order valence-electron chi connectivity index (χ3n) is 8.74. The van der Waals surface area contributed by atoms with E-state index in [-0.39, 0.29) is 17.8 Å². The van der Waals surface area contributed by atoms with Crippen molar-refractivity contribution in [3.05, 3.63) is 99.3 Å². The first-order valence-corrected chi connectivity index (χ1v) is 15.1. The molecular weight excluding hydrogens is 581 g/mol. The van der Waals surface area contributed by atoms with Gasteiger partial charge >= 0.3 is 0 Å². The van der Waals surface area contributed by atoms with Gasteiger partial charge in [0.25, 0.3) is 11.8 Å². The summed E-state index contributed by atoms with van der Waals surface area (Å²) in [6.07, 6.45) is 2.20. The number of halogens is 2. The maximum Gasteiger partial charge on any atom is 0.284 e. The van der Waals surface area contributed by atoms with Gasteiger partial charge in [0.2, 0.25) is 0 Å². The number of hydrogen-bond donors (Lipinski definition) is 2. The first-order chi connectivity index (χ1) is 21.1. The number of fused-ring (bicyclic) bond motifs is 1. The number of anilines is 1. The van der Waals surface area contributed by atoms with Gasteiger partial charge < -0.3 is 15.6 Å². The molecule has 44 heavy (non-hydrogen) atoms. The Morgan fingerprint density at radius 1 is 1.09 bits per heavy atom. The normalized spacial score (nSPS) is 18.8. The summed E-state index contributed by atoms with van der Waals surface area (Å²) in [5, 5.41) is 3.58. The van der Waals surface area contributed by atoms with E-state index in [0.29, 0.717) is 35.9 Å². The number of alkyl halides is 1. The molecule has 1 saturated heterocycles. The monoisotopic (exact) mass is 615 g/mol. The molecule has 2 unspecified atom stereocenters. The Balaban J connectivity index is 1.26. The Bertz CT molecular complexity index is 1740. The summed E-state index contributed by atoms with van der Waals surface area (Å²) in [5.74, 6) is -0.659. The lowest BCUT2D eigenvalue weighted by Gasteiger charge is -2.33. The highest BCUT2D eigenvalue weighted by Gasteiger charge is 2.34. The van der Waals surface area contributed by atoms with Crippen molar-refractivity contribution >= 4 is 29.1 Å². The van der Waals surface area contributed by atoms with E-state index in [1.54, 1.807) is 16.8 Å². The average Bonchev–Trinajstić information content (AvgIpc) is 3.57. The van der Waals surface area contributed by atoms with Crippen molar-refractivity contribution in [2.75, 3.05) is 32.0 Å². The Morgan fingerprint density at radius 2 is 1.86 bits per heavy atom. The van der Waals surface area contributed by atoms with Crippen LogP contribution in [0.5, 0.6) is 0 Å². The Kier molecular flexibility index (Phi) is 8.24. The topological polar surface area (TPSA) is 109 Å². The molecule has 3 N–H and O–H groups in total. The number of aromatic nitrogens is 3. The van der Waals surface area contributed by atoms with Crippen LogP contribution in [-0.2, 0) is 20.0 Å². The minimum Gasteiger partial charge on any atom is -0.363 e. The highest BCUT2D eigenvalue weighted by Crippen LogP contribution is 2.42. The number of likely N-dealkylation sites (tertiary alicyclic amines) is 1. The van der Waals surface area contributed by atoms with Gasteiger partial charge in [-0.05, 0) is 54.8 Å². The van der Waals surface area contributed by atoms with Crippen LogP contribution in [0.4, 0.5) is 10.1 Å². The zero-order chi connectivity index (χ0) is 31.1. The summed E-state index contributed by atoms with van der Waals surface area (Å²) in [7, 11) is 3.83. The van der Waals surface area contributed by atoms with Gasteiger partial charge in [-0.15, -0.1) is 0 Å². The maximum atomic E-state index is 13.5. The minimum absolute atomic E-state index is 0.229. The number of nitrogens with zero attached hydrogens (tertiary/aromatic N) is 5. The van der Waals surface area contributed by atoms with Gasteiger partial charge in [-0.25, -0.2) is 9.37 Å². The van der Waals surface area contributed by atoms with Gasteiger partial charge in [0.05, 0.1) is 16.8 Å². The van der Waals surface area contributed by atoms with E-state index in [9.17, 15) is 14.0 Å². The van der Waals surface area contributed by atoms with Gasteiger partial charge in [-0.3, -0.25) is 24.4 Å². The summed E-state index contributed by atoms with van der Waals surface area (Å²) >= 11 is 7.15. The van der Waals surface area contributed by atoms with Gasteiger partial charge in [0, 0.05) is 62.8 Å². The second-order valence-electron chi connectivity index (χ2n) is 11.6. The number of benzene rings is 2. The molecule has 1 fully saturated rings. The van der Waals surface area contributed by atoms with Crippen molar-refractivity contribution in [2.24, 2.45) is 12.8 Å². The molecule has 6 rings (SSSR count).